The number of nitriles is 1. The maximum atomic E-state index is 12.3. The van der Waals surface area contributed by atoms with E-state index in [2.05, 4.69) is 17.9 Å². The molecule has 1 saturated carbocycles. The molecule has 2 aromatic rings. The Balaban J connectivity index is 1.43. The van der Waals surface area contributed by atoms with Gasteiger partial charge in [-0.25, -0.2) is 9.28 Å². The van der Waals surface area contributed by atoms with E-state index in [9.17, 15) is 10.1 Å². The van der Waals surface area contributed by atoms with Gasteiger partial charge in [0.1, 0.15) is 17.9 Å². The van der Waals surface area contributed by atoms with Crippen molar-refractivity contribution in [3.8, 4) is 23.3 Å². The van der Waals surface area contributed by atoms with Crippen molar-refractivity contribution in [3.63, 3.8) is 0 Å². The Morgan fingerprint density at radius 3 is 2.32 bits per heavy atom. The van der Waals surface area contributed by atoms with E-state index < -0.39 is 0 Å². The van der Waals surface area contributed by atoms with Crippen molar-refractivity contribution in [2.75, 3.05) is 47.4 Å². The fraction of sp³-hybridized carbons (Fsp3) is 0.533. The minimum absolute atomic E-state index is 0.162. The minimum atomic E-state index is -0.208. The highest BCUT2D eigenvalue weighted by Gasteiger charge is 2.53. The number of fused-ring (bicyclic) bond motifs is 2. The van der Waals surface area contributed by atoms with Gasteiger partial charge in [-0.1, -0.05) is 12.1 Å². The molecular weight excluding hydrogens is 480 g/mol. The van der Waals surface area contributed by atoms with Crippen molar-refractivity contribution in [2.45, 2.75) is 44.8 Å². The molecule has 2 amide bonds. The largest absolute Gasteiger partial charge is 0.493 e. The predicted molar refractivity (Wildman–Crippen MR) is 146 cm³/mol. The van der Waals surface area contributed by atoms with Gasteiger partial charge in [0.15, 0.2) is 11.5 Å². The molecule has 8 nitrogen and oxygen atoms in total. The number of piperidine rings is 1. The van der Waals surface area contributed by atoms with Crippen molar-refractivity contribution in [1.29, 1.82) is 5.26 Å². The number of likely N-dealkylation sites (tertiary alicyclic amines) is 1. The molecule has 2 fully saturated rings. The SMILES string of the molecule is CC[N+](C)(C(N)=O)C1C2CCC1CN(CCCC(Oc1ccc(OC)c(OC)c1)c1ccc(C#N)cc1)C2. The molecule has 8 heteroatoms. The van der Waals surface area contributed by atoms with E-state index in [-0.39, 0.29) is 12.1 Å². The van der Waals surface area contributed by atoms with E-state index in [1.807, 2.05) is 49.5 Å². The number of urea groups is 1. The van der Waals surface area contributed by atoms with Gasteiger partial charge in [-0.2, -0.15) is 5.26 Å². The molecule has 4 rings (SSSR count). The average molecular weight is 522 g/mol. The number of carbonyl (C=O) groups is 1. The first-order valence-corrected chi connectivity index (χ1v) is 13.6. The summed E-state index contributed by atoms with van der Waals surface area (Å²) in [6.07, 6.45) is 3.98. The second-order valence-corrected chi connectivity index (χ2v) is 10.8. The Hall–Kier alpha value is -3.28. The summed E-state index contributed by atoms with van der Waals surface area (Å²) in [6, 6.07) is 15.5. The van der Waals surface area contributed by atoms with Gasteiger partial charge in [0.25, 0.3) is 0 Å². The Kier molecular flexibility index (Phi) is 8.80. The van der Waals surface area contributed by atoms with Crippen LogP contribution < -0.4 is 19.9 Å². The van der Waals surface area contributed by atoms with Gasteiger partial charge >= 0.3 is 6.03 Å². The van der Waals surface area contributed by atoms with Crippen LogP contribution in [-0.4, -0.2) is 68.9 Å². The summed E-state index contributed by atoms with van der Waals surface area (Å²) in [5.41, 5.74) is 7.52. The van der Waals surface area contributed by atoms with Crippen LogP contribution in [-0.2, 0) is 0 Å². The zero-order valence-corrected chi connectivity index (χ0v) is 23.1. The third-order valence-electron chi connectivity index (χ3n) is 8.66. The van der Waals surface area contributed by atoms with Gasteiger partial charge in [0.05, 0.1) is 39.4 Å². The van der Waals surface area contributed by atoms with Crippen LogP contribution in [0.5, 0.6) is 17.2 Å². The molecule has 4 atom stereocenters. The summed E-state index contributed by atoms with van der Waals surface area (Å²) in [4.78, 5) is 14.9. The fourth-order valence-corrected chi connectivity index (χ4v) is 6.54. The summed E-state index contributed by atoms with van der Waals surface area (Å²) in [5.74, 6) is 2.99. The number of benzene rings is 2. The number of ether oxygens (including phenoxy) is 3. The Morgan fingerprint density at radius 2 is 1.76 bits per heavy atom. The van der Waals surface area contributed by atoms with Crippen LogP contribution in [0.1, 0.15) is 49.8 Å². The molecule has 1 heterocycles. The molecule has 0 aromatic heterocycles. The summed E-state index contributed by atoms with van der Waals surface area (Å²) < 4.78 is 17.6. The van der Waals surface area contributed by atoms with E-state index >= 15 is 0 Å². The number of quaternary nitrogens is 1. The molecule has 2 N–H and O–H groups in total. The number of nitrogens with two attached hydrogens (primary N) is 1. The zero-order chi connectivity index (χ0) is 27.3. The van der Waals surface area contributed by atoms with Crippen molar-refractivity contribution in [3.05, 3.63) is 53.6 Å². The molecule has 0 spiro atoms. The van der Waals surface area contributed by atoms with Crippen LogP contribution >= 0.6 is 0 Å². The molecule has 38 heavy (non-hydrogen) atoms. The van der Waals surface area contributed by atoms with Gasteiger partial charge in [-0.3, -0.25) is 0 Å². The third kappa shape index (κ3) is 5.74. The second-order valence-electron chi connectivity index (χ2n) is 10.8. The number of carbonyl (C=O) groups excluding carboxylic acids is 1. The lowest BCUT2D eigenvalue weighted by Gasteiger charge is -2.46. The quantitative estimate of drug-likeness (QED) is 0.429. The molecular formula is C30H41N4O4+. The Bertz CT molecular complexity index is 1130. The first-order valence-electron chi connectivity index (χ1n) is 13.6. The van der Waals surface area contributed by atoms with E-state index in [0.717, 1.165) is 44.6 Å². The van der Waals surface area contributed by atoms with E-state index in [1.54, 1.807) is 14.2 Å². The number of rotatable bonds is 11. The molecule has 2 aromatic carbocycles. The zero-order valence-electron chi connectivity index (χ0n) is 23.1. The first kappa shape index (κ1) is 27.7. The van der Waals surface area contributed by atoms with Gasteiger partial charge in [0, 0.05) is 31.0 Å². The van der Waals surface area contributed by atoms with Gasteiger partial charge in [0.2, 0.25) is 0 Å². The molecule has 0 radical (unpaired) electrons. The lowest BCUT2D eigenvalue weighted by atomic mass is 9.88. The van der Waals surface area contributed by atoms with Gasteiger partial charge < -0.3 is 24.8 Å². The minimum Gasteiger partial charge on any atom is -0.493 e. The molecule has 1 aliphatic carbocycles. The molecule has 204 valence electrons. The van der Waals surface area contributed by atoms with E-state index in [1.165, 1.54) is 12.8 Å². The van der Waals surface area contributed by atoms with E-state index in [0.29, 0.717) is 45.2 Å². The standard InChI is InChI=1S/C30H40N4O4/c1-5-34(2,30(32)35)29-23-12-13-24(29)20-33(19-23)16-6-7-26(22-10-8-21(18-31)9-11-22)38-25-14-15-27(36-3)28(17-25)37-4/h8-11,14-15,17,23-24,26,29H,5-7,12-13,16,19-20H2,1-4H3,(H-,32,35)/p+1. The lowest BCUT2D eigenvalue weighted by Crippen LogP contribution is -2.65. The van der Waals surface area contributed by atoms with Crippen LogP contribution in [0.15, 0.2) is 42.5 Å². The van der Waals surface area contributed by atoms with Crippen LogP contribution in [0.4, 0.5) is 4.79 Å². The molecule has 1 saturated heterocycles. The number of primary amides is 1. The smallest absolute Gasteiger partial charge is 0.414 e. The second kappa shape index (κ2) is 12.1. The number of hydrogen-bond donors (Lipinski definition) is 1. The van der Waals surface area contributed by atoms with Crippen molar-refractivity contribution < 1.29 is 23.5 Å². The van der Waals surface area contributed by atoms with Crippen molar-refractivity contribution in [1.82, 2.24) is 4.90 Å². The van der Waals surface area contributed by atoms with Crippen molar-refractivity contribution >= 4 is 6.03 Å². The van der Waals surface area contributed by atoms with Gasteiger partial charge in [-0.15, -0.1) is 0 Å². The van der Waals surface area contributed by atoms with Crippen LogP contribution in [0.2, 0.25) is 0 Å². The normalized spacial score (nSPS) is 23.2. The molecule has 2 aliphatic rings. The fourth-order valence-electron chi connectivity index (χ4n) is 6.54. The van der Waals surface area contributed by atoms with E-state index in [4.69, 9.17) is 19.9 Å². The summed E-state index contributed by atoms with van der Waals surface area (Å²) in [5, 5.41) is 9.22. The summed E-state index contributed by atoms with van der Waals surface area (Å²) in [6.45, 7) is 5.82. The first-order chi connectivity index (χ1) is 18.3. The predicted octanol–water partition coefficient (Wildman–Crippen LogP) is 4.73. The number of methoxy groups -OCH3 is 2. The monoisotopic (exact) mass is 521 g/mol. The maximum Gasteiger partial charge on any atom is 0.414 e. The average Bonchev–Trinajstić information content (AvgIpc) is 3.22. The molecule has 4 unspecified atom stereocenters. The topological polar surface area (TPSA) is 97.8 Å². The number of nitrogens with zero attached hydrogens (tertiary/aromatic N) is 3. The molecule has 2 bridgehead atoms. The van der Waals surface area contributed by atoms with Crippen LogP contribution in [0.3, 0.4) is 0 Å². The molecule has 1 aliphatic heterocycles. The highest BCUT2D eigenvalue weighted by Crippen LogP contribution is 2.43. The number of amides is 2. The third-order valence-corrected chi connectivity index (χ3v) is 8.66. The van der Waals surface area contributed by atoms with Crippen LogP contribution in [0.25, 0.3) is 0 Å². The lowest BCUT2D eigenvalue weighted by molar-refractivity contribution is -0.861. The highest BCUT2D eigenvalue weighted by molar-refractivity contribution is 5.64. The highest BCUT2D eigenvalue weighted by atomic mass is 16.5. The summed E-state index contributed by atoms with van der Waals surface area (Å²) in [7, 11) is 5.24. The summed E-state index contributed by atoms with van der Waals surface area (Å²) >= 11 is 0. The van der Waals surface area contributed by atoms with Gasteiger partial charge in [-0.05, 0) is 69.0 Å². The maximum absolute atomic E-state index is 12.3. The number of hydrogen-bond acceptors (Lipinski definition) is 6. The Morgan fingerprint density at radius 1 is 1.11 bits per heavy atom. The van der Waals surface area contributed by atoms with Crippen molar-refractivity contribution in [2.24, 2.45) is 17.6 Å². The Labute approximate surface area is 226 Å². The van der Waals surface area contributed by atoms with Crippen LogP contribution in [0, 0.1) is 23.2 Å².